The first kappa shape index (κ1) is 20.4. The van der Waals surface area contributed by atoms with E-state index in [-0.39, 0.29) is 21.5 Å². The molecule has 1 aromatic rings. The molecule has 0 saturated heterocycles. The molecule has 0 heterocycles. The van der Waals surface area contributed by atoms with Crippen molar-refractivity contribution in [2.75, 3.05) is 13.7 Å². The van der Waals surface area contributed by atoms with Crippen molar-refractivity contribution in [2.45, 2.75) is 37.6 Å². The first-order valence-corrected chi connectivity index (χ1v) is 9.30. The van der Waals surface area contributed by atoms with E-state index in [1.54, 1.807) is 0 Å². The molecule has 7 nitrogen and oxygen atoms in total. The summed E-state index contributed by atoms with van der Waals surface area (Å²) in [6, 6.07) is 3.68. The second-order valence-corrected chi connectivity index (χ2v) is 7.30. The number of esters is 1. The molecule has 0 aliphatic carbocycles. The van der Waals surface area contributed by atoms with Crippen molar-refractivity contribution >= 4 is 33.5 Å². The Hall–Kier alpha value is -1.64. The van der Waals surface area contributed by atoms with Gasteiger partial charge >= 0.3 is 5.97 Å². The van der Waals surface area contributed by atoms with Crippen molar-refractivity contribution < 1.29 is 22.7 Å². The monoisotopic (exact) mass is 376 g/mol. The van der Waals surface area contributed by atoms with Crippen LogP contribution in [0.4, 0.5) is 0 Å². The molecule has 0 unspecified atom stereocenters. The van der Waals surface area contributed by atoms with Gasteiger partial charge in [0.2, 0.25) is 10.0 Å². The largest absolute Gasteiger partial charge is 0.452 e. The van der Waals surface area contributed by atoms with Crippen LogP contribution in [0, 0.1) is 0 Å². The Morgan fingerprint density at radius 3 is 2.42 bits per heavy atom. The maximum atomic E-state index is 12.1. The van der Waals surface area contributed by atoms with Gasteiger partial charge in [0.15, 0.2) is 6.61 Å². The average Bonchev–Trinajstić information content (AvgIpc) is 2.57. The Morgan fingerprint density at radius 1 is 1.25 bits per heavy atom. The third kappa shape index (κ3) is 5.47. The summed E-state index contributed by atoms with van der Waals surface area (Å²) in [5, 5.41) is 2.76. The van der Waals surface area contributed by atoms with E-state index in [0.717, 1.165) is 18.9 Å². The lowest BCUT2D eigenvalue weighted by Crippen LogP contribution is -2.36. The first-order valence-electron chi connectivity index (χ1n) is 7.44. The third-order valence-corrected chi connectivity index (χ3v) is 5.16. The Labute approximate surface area is 146 Å². The molecular formula is C15H21ClN2O5S. The van der Waals surface area contributed by atoms with Crippen LogP contribution in [-0.2, 0) is 19.6 Å². The molecule has 24 heavy (non-hydrogen) atoms. The molecule has 2 N–H and O–H groups in total. The standard InChI is InChI=1S/C15H21ClN2O5S/c1-4-10(5-2)18-14(19)9-23-15(20)12-8-11(6-7-13(12)16)24(21,22)17-3/h6-8,10,17H,4-5,9H2,1-3H3,(H,18,19). The van der Waals surface area contributed by atoms with E-state index in [4.69, 9.17) is 16.3 Å². The summed E-state index contributed by atoms with van der Waals surface area (Å²) in [6.45, 7) is 3.41. The van der Waals surface area contributed by atoms with E-state index < -0.39 is 28.5 Å². The molecule has 9 heteroatoms. The van der Waals surface area contributed by atoms with Crippen molar-refractivity contribution in [3.05, 3.63) is 28.8 Å². The highest BCUT2D eigenvalue weighted by molar-refractivity contribution is 7.89. The summed E-state index contributed by atoms with van der Waals surface area (Å²) in [7, 11) is -2.47. The molecule has 0 bridgehead atoms. The van der Waals surface area contributed by atoms with Crippen LogP contribution in [0.15, 0.2) is 23.1 Å². The molecule has 0 radical (unpaired) electrons. The van der Waals surface area contributed by atoms with Gasteiger partial charge in [0.25, 0.3) is 5.91 Å². The van der Waals surface area contributed by atoms with E-state index in [1.165, 1.54) is 19.2 Å². The van der Waals surface area contributed by atoms with E-state index in [0.29, 0.717) is 0 Å². The minimum Gasteiger partial charge on any atom is -0.452 e. The molecule has 1 amide bonds. The molecule has 1 aromatic carbocycles. The third-order valence-electron chi connectivity index (χ3n) is 3.42. The van der Waals surface area contributed by atoms with E-state index in [1.807, 2.05) is 13.8 Å². The molecule has 1 rings (SSSR count). The van der Waals surface area contributed by atoms with Crippen molar-refractivity contribution in [1.29, 1.82) is 0 Å². The Bertz CT molecular complexity index is 702. The lowest BCUT2D eigenvalue weighted by molar-refractivity contribution is -0.125. The zero-order chi connectivity index (χ0) is 18.3. The quantitative estimate of drug-likeness (QED) is 0.672. The Kier molecular flexibility index (Phi) is 7.65. The predicted octanol–water partition coefficient (Wildman–Crippen LogP) is 1.71. The molecule has 0 fully saturated rings. The van der Waals surface area contributed by atoms with Gasteiger partial charge in [0, 0.05) is 6.04 Å². The highest BCUT2D eigenvalue weighted by Gasteiger charge is 2.19. The fourth-order valence-corrected chi connectivity index (χ4v) is 2.87. The Balaban J connectivity index is 2.81. The van der Waals surface area contributed by atoms with Gasteiger partial charge in [0.1, 0.15) is 0 Å². The van der Waals surface area contributed by atoms with E-state index in [2.05, 4.69) is 10.0 Å². The maximum absolute atomic E-state index is 12.1. The van der Waals surface area contributed by atoms with E-state index in [9.17, 15) is 18.0 Å². The SMILES string of the molecule is CCC(CC)NC(=O)COC(=O)c1cc(S(=O)(=O)NC)ccc1Cl. The molecule has 0 atom stereocenters. The van der Waals surface area contributed by atoms with Crippen LogP contribution >= 0.6 is 11.6 Å². The van der Waals surface area contributed by atoms with Crippen LogP contribution in [-0.4, -0.2) is 40.0 Å². The molecule has 134 valence electrons. The molecule has 0 saturated carbocycles. The minimum absolute atomic E-state index is 0.0175. The Morgan fingerprint density at radius 2 is 1.88 bits per heavy atom. The molecule has 0 aliphatic heterocycles. The smallest absolute Gasteiger partial charge is 0.340 e. The normalized spacial score (nSPS) is 11.4. The number of sulfonamides is 1. The number of ether oxygens (including phenoxy) is 1. The maximum Gasteiger partial charge on any atom is 0.340 e. The summed E-state index contributed by atoms with van der Waals surface area (Å²) >= 11 is 5.91. The van der Waals surface area contributed by atoms with Gasteiger partial charge in [-0.3, -0.25) is 4.79 Å². The van der Waals surface area contributed by atoms with Gasteiger partial charge in [-0.1, -0.05) is 25.4 Å². The second-order valence-electron chi connectivity index (χ2n) is 5.01. The van der Waals surface area contributed by atoms with Crippen molar-refractivity contribution in [3.8, 4) is 0 Å². The summed E-state index contributed by atoms with van der Waals surface area (Å²) in [4.78, 5) is 23.7. The number of hydrogen-bond acceptors (Lipinski definition) is 5. The van der Waals surface area contributed by atoms with Gasteiger partial charge in [-0.05, 0) is 38.1 Å². The summed E-state index contributed by atoms with van der Waals surface area (Å²) in [5.41, 5.74) is -0.122. The van der Waals surface area contributed by atoms with Crippen LogP contribution in [0.25, 0.3) is 0 Å². The average molecular weight is 377 g/mol. The van der Waals surface area contributed by atoms with Gasteiger partial charge in [-0.15, -0.1) is 0 Å². The zero-order valence-electron chi connectivity index (χ0n) is 13.8. The van der Waals surface area contributed by atoms with Crippen molar-refractivity contribution in [1.82, 2.24) is 10.0 Å². The number of benzene rings is 1. The van der Waals surface area contributed by atoms with Gasteiger partial charge < -0.3 is 10.1 Å². The minimum atomic E-state index is -3.72. The summed E-state index contributed by atoms with van der Waals surface area (Å²) in [6.07, 6.45) is 1.54. The molecule has 0 aliphatic rings. The van der Waals surface area contributed by atoms with E-state index >= 15 is 0 Å². The summed E-state index contributed by atoms with van der Waals surface area (Å²) < 4.78 is 30.6. The van der Waals surface area contributed by atoms with Crippen molar-refractivity contribution in [2.24, 2.45) is 0 Å². The number of rotatable bonds is 8. The number of hydrogen-bond donors (Lipinski definition) is 2. The van der Waals surface area contributed by atoms with Crippen LogP contribution in [0.1, 0.15) is 37.0 Å². The van der Waals surface area contributed by atoms with Gasteiger partial charge in [-0.25, -0.2) is 17.9 Å². The lowest BCUT2D eigenvalue weighted by atomic mass is 10.2. The second kappa shape index (κ2) is 9.00. The topological polar surface area (TPSA) is 102 Å². The lowest BCUT2D eigenvalue weighted by Gasteiger charge is -2.14. The number of halogens is 1. The van der Waals surface area contributed by atoms with Crippen LogP contribution in [0.2, 0.25) is 5.02 Å². The molecule has 0 aromatic heterocycles. The highest BCUT2D eigenvalue weighted by Crippen LogP contribution is 2.21. The zero-order valence-corrected chi connectivity index (χ0v) is 15.3. The van der Waals surface area contributed by atoms with Crippen molar-refractivity contribution in [3.63, 3.8) is 0 Å². The molecular weight excluding hydrogens is 356 g/mol. The predicted molar refractivity (Wildman–Crippen MR) is 90.5 cm³/mol. The van der Waals surface area contributed by atoms with Gasteiger partial charge in [0.05, 0.1) is 15.5 Å². The van der Waals surface area contributed by atoms with Crippen LogP contribution < -0.4 is 10.0 Å². The fourth-order valence-electron chi connectivity index (χ4n) is 1.92. The number of amides is 1. The van der Waals surface area contributed by atoms with Crippen LogP contribution in [0.5, 0.6) is 0 Å². The number of carbonyl (C=O) groups is 2. The van der Waals surface area contributed by atoms with Gasteiger partial charge in [-0.2, -0.15) is 0 Å². The van der Waals surface area contributed by atoms with Crippen LogP contribution in [0.3, 0.4) is 0 Å². The molecule has 0 spiro atoms. The number of nitrogens with one attached hydrogen (secondary N) is 2. The summed E-state index contributed by atoms with van der Waals surface area (Å²) in [5.74, 6) is -1.29. The number of carbonyl (C=O) groups excluding carboxylic acids is 2. The first-order chi connectivity index (χ1) is 11.2. The highest BCUT2D eigenvalue weighted by atomic mass is 35.5. The fraction of sp³-hybridized carbons (Fsp3) is 0.467.